The van der Waals surface area contributed by atoms with Crippen LogP contribution in [0, 0.1) is 6.92 Å². The highest BCUT2D eigenvalue weighted by atomic mass is 16.2. The maximum absolute atomic E-state index is 12.0. The summed E-state index contributed by atoms with van der Waals surface area (Å²) in [5.74, 6) is -0.0283. The van der Waals surface area contributed by atoms with Crippen LogP contribution in [0.3, 0.4) is 0 Å². The van der Waals surface area contributed by atoms with Crippen molar-refractivity contribution >= 4 is 23.2 Å². The van der Waals surface area contributed by atoms with Crippen molar-refractivity contribution in [1.29, 1.82) is 0 Å². The molecule has 0 radical (unpaired) electrons. The number of anilines is 1. The lowest BCUT2D eigenvalue weighted by atomic mass is 10.0. The first-order chi connectivity index (χ1) is 8.74. The van der Waals surface area contributed by atoms with E-state index >= 15 is 0 Å². The molecule has 2 aromatic carbocycles. The normalized spacial score (nSPS) is 15.6. The fourth-order valence-electron chi connectivity index (χ4n) is 2.16. The molecule has 0 aromatic heterocycles. The Kier molecular flexibility index (Phi) is 2.49. The van der Waals surface area contributed by atoms with Crippen molar-refractivity contribution in [3.05, 3.63) is 65.2 Å². The number of rotatable bonds is 1. The second-order valence-electron chi connectivity index (χ2n) is 4.47. The van der Waals surface area contributed by atoms with Gasteiger partial charge in [0.15, 0.2) is 0 Å². The largest absolute Gasteiger partial charge is 0.321 e. The van der Waals surface area contributed by atoms with Crippen molar-refractivity contribution in [3.63, 3.8) is 0 Å². The van der Waals surface area contributed by atoms with Gasteiger partial charge in [0, 0.05) is 16.8 Å². The van der Waals surface area contributed by atoms with E-state index < -0.39 is 0 Å². The molecule has 0 atom stereocenters. The second kappa shape index (κ2) is 4.15. The van der Waals surface area contributed by atoms with E-state index in [4.69, 9.17) is 0 Å². The van der Waals surface area contributed by atoms with E-state index in [9.17, 15) is 4.79 Å². The molecular formula is C16H13NO. The summed E-state index contributed by atoms with van der Waals surface area (Å²) in [6, 6.07) is 15.9. The maximum Gasteiger partial charge on any atom is 0.256 e. The van der Waals surface area contributed by atoms with E-state index in [-0.39, 0.29) is 5.91 Å². The number of benzene rings is 2. The number of hydrogen-bond acceptors (Lipinski definition) is 1. The fourth-order valence-corrected chi connectivity index (χ4v) is 2.16. The van der Waals surface area contributed by atoms with Gasteiger partial charge in [-0.2, -0.15) is 0 Å². The number of hydrogen-bond donors (Lipinski definition) is 1. The smallest absolute Gasteiger partial charge is 0.256 e. The van der Waals surface area contributed by atoms with Crippen molar-refractivity contribution in [2.45, 2.75) is 6.92 Å². The molecule has 0 aliphatic carbocycles. The minimum absolute atomic E-state index is 0.0283. The molecule has 2 nitrogen and oxygen atoms in total. The van der Waals surface area contributed by atoms with Gasteiger partial charge in [-0.25, -0.2) is 0 Å². The average molecular weight is 235 g/mol. The molecule has 0 saturated carbocycles. The van der Waals surface area contributed by atoms with Crippen LogP contribution in [-0.2, 0) is 4.79 Å². The zero-order valence-corrected chi connectivity index (χ0v) is 10.1. The highest BCUT2D eigenvalue weighted by Gasteiger charge is 2.23. The van der Waals surface area contributed by atoms with Gasteiger partial charge in [0.2, 0.25) is 0 Å². The SMILES string of the molecule is Cc1ccc2c(c1)/C(=C\c1ccccc1)C(=O)N2. The number of nitrogens with one attached hydrogen (secondary N) is 1. The zero-order chi connectivity index (χ0) is 12.5. The molecule has 2 heteroatoms. The lowest BCUT2D eigenvalue weighted by Crippen LogP contribution is -2.03. The van der Waals surface area contributed by atoms with Gasteiger partial charge in [0.05, 0.1) is 0 Å². The lowest BCUT2D eigenvalue weighted by Gasteiger charge is -2.00. The summed E-state index contributed by atoms with van der Waals surface area (Å²) in [7, 11) is 0. The Morgan fingerprint density at radius 2 is 1.83 bits per heavy atom. The summed E-state index contributed by atoms with van der Waals surface area (Å²) in [5, 5.41) is 2.89. The van der Waals surface area contributed by atoms with Gasteiger partial charge >= 0.3 is 0 Å². The predicted molar refractivity (Wildman–Crippen MR) is 74.1 cm³/mol. The van der Waals surface area contributed by atoms with Gasteiger partial charge < -0.3 is 5.32 Å². The van der Waals surface area contributed by atoms with Crippen molar-refractivity contribution < 1.29 is 4.79 Å². The molecule has 0 saturated heterocycles. The first kappa shape index (κ1) is 10.8. The van der Waals surface area contributed by atoms with Crippen molar-refractivity contribution in [2.24, 2.45) is 0 Å². The van der Waals surface area contributed by atoms with Crippen LogP contribution in [0.5, 0.6) is 0 Å². The summed E-state index contributed by atoms with van der Waals surface area (Å²) >= 11 is 0. The third-order valence-electron chi connectivity index (χ3n) is 3.07. The predicted octanol–water partition coefficient (Wildman–Crippen LogP) is 3.49. The monoisotopic (exact) mass is 235 g/mol. The van der Waals surface area contributed by atoms with Gasteiger partial charge in [-0.05, 0) is 30.7 Å². The van der Waals surface area contributed by atoms with Crippen LogP contribution in [0.25, 0.3) is 11.6 Å². The zero-order valence-electron chi connectivity index (χ0n) is 10.1. The molecule has 3 rings (SSSR count). The first-order valence-electron chi connectivity index (χ1n) is 5.93. The molecule has 0 spiro atoms. The quantitative estimate of drug-likeness (QED) is 0.753. The summed E-state index contributed by atoms with van der Waals surface area (Å²) in [5.41, 5.74) is 4.82. The molecule has 1 amide bonds. The second-order valence-corrected chi connectivity index (χ2v) is 4.47. The molecule has 2 aromatic rings. The third-order valence-corrected chi connectivity index (χ3v) is 3.07. The Labute approximate surface area is 106 Å². The van der Waals surface area contributed by atoms with Gasteiger partial charge in [0.25, 0.3) is 5.91 Å². The highest BCUT2D eigenvalue weighted by Crippen LogP contribution is 2.33. The molecule has 0 fully saturated rings. The van der Waals surface area contributed by atoms with Crippen molar-refractivity contribution in [3.8, 4) is 0 Å². The number of carbonyl (C=O) groups is 1. The molecule has 18 heavy (non-hydrogen) atoms. The molecule has 1 heterocycles. The van der Waals surface area contributed by atoms with Gasteiger partial charge in [0.1, 0.15) is 0 Å². The first-order valence-corrected chi connectivity index (χ1v) is 5.93. The maximum atomic E-state index is 12.0. The topological polar surface area (TPSA) is 29.1 Å². The van der Waals surface area contributed by atoms with Gasteiger partial charge in [-0.15, -0.1) is 0 Å². The molecule has 0 unspecified atom stereocenters. The van der Waals surface area contributed by atoms with Crippen LogP contribution >= 0.6 is 0 Å². The van der Waals surface area contributed by atoms with Crippen LogP contribution in [0.4, 0.5) is 5.69 Å². The van der Waals surface area contributed by atoms with Gasteiger partial charge in [-0.3, -0.25) is 4.79 Å². The standard InChI is InChI=1S/C16H13NO/c1-11-7-8-15-13(9-11)14(16(18)17-15)10-12-5-3-2-4-6-12/h2-10H,1H3,(H,17,18)/b14-10+. The van der Waals surface area contributed by atoms with E-state index in [0.717, 1.165) is 28.0 Å². The molecular weight excluding hydrogens is 222 g/mol. The van der Waals surface area contributed by atoms with E-state index in [1.165, 1.54) is 0 Å². The van der Waals surface area contributed by atoms with Crippen LogP contribution < -0.4 is 5.32 Å². The summed E-state index contributed by atoms with van der Waals surface area (Å²) in [4.78, 5) is 12.0. The Balaban J connectivity index is 2.12. The van der Waals surface area contributed by atoms with E-state index in [1.807, 2.05) is 61.5 Å². The Bertz CT molecular complexity index is 641. The average Bonchev–Trinajstić information content (AvgIpc) is 2.67. The molecule has 1 aliphatic heterocycles. The minimum atomic E-state index is -0.0283. The Morgan fingerprint density at radius 1 is 1.06 bits per heavy atom. The van der Waals surface area contributed by atoms with Crippen molar-refractivity contribution in [2.75, 3.05) is 5.32 Å². The Hall–Kier alpha value is -2.35. The van der Waals surface area contributed by atoms with E-state index in [2.05, 4.69) is 5.32 Å². The number of amides is 1. The fraction of sp³-hybridized carbons (Fsp3) is 0.0625. The molecule has 1 N–H and O–H groups in total. The number of aryl methyl sites for hydroxylation is 1. The van der Waals surface area contributed by atoms with Crippen molar-refractivity contribution in [1.82, 2.24) is 0 Å². The van der Waals surface area contributed by atoms with E-state index in [0.29, 0.717) is 0 Å². The minimum Gasteiger partial charge on any atom is -0.321 e. The third kappa shape index (κ3) is 1.82. The number of carbonyl (C=O) groups excluding carboxylic acids is 1. The van der Waals surface area contributed by atoms with Crippen LogP contribution in [-0.4, -0.2) is 5.91 Å². The molecule has 0 bridgehead atoms. The summed E-state index contributed by atoms with van der Waals surface area (Å²) < 4.78 is 0. The Morgan fingerprint density at radius 3 is 2.61 bits per heavy atom. The highest BCUT2D eigenvalue weighted by molar-refractivity contribution is 6.34. The van der Waals surface area contributed by atoms with Crippen LogP contribution in [0.2, 0.25) is 0 Å². The lowest BCUT2D eigenvalue weighted by molar-refractivity contribution is -0.110. The molecule has 1 aliphatic rings. The summed E-state index contributed by atoms with van der Waals surface area (Å²) in [6.45, 7) is 2.03. The number of fused-ring (bicyclic) bond motifs is 1. The van der Waals surface area contributed by atoms with Crippen LogP contribution in [0.15, 0.2) is 48.5 Å². The van der Waals surface area contributed by atoms with Crippen LogP contribution in [0.1, 0.15) is 16.7 Å². The molecule has 88 valence electrons. The van der Waals surface area contributed by atoms with Gasteiger partial charge in [-0.1, -0.05) is 42.0 Å². The van der Waals surface area contributed by atoms with E-state index in [1.54, 1.807) is 0 Å². The summed E-state index contributed by atoms with van der Waals surface area (Å²) in [6.07, 6.45) is 1.93.